The summed E-state index contributed by atoms with van der Waals surface area (Å²) in [6, 6.07) is 7.11. The quantitative estimate of drug-likeness (QED) is 0.886. The lowest BCUT2D eigenvalue weighted by Gasteiger charge is -2.27. The third kappa shape index (κ3) is 3.00. The van der Waals surface area contributed by atoms with E-state index in [4.69, 9.17) is 0 Å². The van der Waals surface area contributed by atoms with E-state index in [0.29, 0.717) is 0 Å². The molecular formula is C16H21NO3. The molecule has 0 aliphatic heterocycles. The highest BCUT2D eigenvalue weighted by Crippen LogP contribution is 2.31. The molecule has 1 unspecified atom stereocenters. The van der Waals surface area contributed by atoms with Crippen molar-refractivity contribution in [2.75, 3.05) is 0 Å². The van der Waals surface area contributed by atoms with Gasteiger partial charge in [-0.1, -0.05) is 38.1 Å². The zero-order valence-corrected chi connectivity index (χ0v) is 11.9. The molecule has 0 saturated carbocycles. The molecule has 20 heavy (non-hydrogen) atoms. The Balaban J connectivity index is 2.16. The van der Waals surface area contributed by atoms with Crippen LogP contribution in [0.25, 0.3) is 0 Å². The topological polar surface area (TPSA) is 66.4 Å². The fraction of sp³-hybridized carbons (Fsp3) is 0.500. The predicted molar refractivity (Wildman–Crippen MR) is 76.5 cm³/mol. The monoisotopic (exact) mass is 275 g/mol. The Bertz CT molecular complexity index is 510. The summed E-state index contributed by atoms with van der Waals surface area (Å²) in [5, 5.41) is 11.9. The number of amides is 1. The normalized spacial score (nSPS) is 19.2. The van der Waals surface area contributed by atoms with E-state index in [0.717, 1.165) is 24.8 Å². The smallest absolute Gasteiger partial charge is 0.326 e. The molecule has 2 rings (SSSR count). The van der Waals surface area contributed by atoms with Crippen molar-refractivity contribution in [3.8, 4) is 0 Å². The van der Waals surface area contributed by atoms with E-state index in [-0.39, 0.29) is 17.7 Å². The summed E-state index contributed by atoms with van der Waals surface area (Å²) >= 11 is 0. The average Bonchev–Trinajstić information content (AvgIpc) is 2.43. The third-order valence-electron chi connectivity index (χ3n) is 3.92. The number of carbonyl (C=O) groups is 2. The van der Waals surface area contributed by atoms with Crippen molar-refractivity contribution in [3.63, 3.8) is 0 Å². The number of hydrogen-bond acceptors (Lipinski definition) is 2. The number of carboxylic acid groups (broad SMARTS) is 1. The Morgan fingerprint density at radius 3 is 2.65 bits per heavy atom. The first-order valence-electron chi connectivity index (χ1n) is 7.11. The summed E-state index contributed by atoms with van der Waals surface area (Å²) in [5.41, 5.74) is 2.25. The molecule has 4 nitrogen and oxygen atoms in total. The molecule has 0 radical (unpaired) electrons. The summed E-state index contributed by atoms with van der Waals surface area (Å²) in [7, 11) is 0. The number of fused-ring (bicyclic) bond motifs is 1. The van der Waals surface area contributed by atoms with Gasteiger partial charge in [-0.2, -0.15) is 0 Å². The molecule has 2 N–H and O–H groups in total. The summed E-state index contributed by atoms with van der Waals surface area (Å²) < 4.78 is 0. The van der Waals surface area contributed by atoms with Gasteiger partial charge in [-0.3, -0.25) is 4.79 Å². The lowest BCUT2D eigenvalue weighted by atomic mass is 9.82. The Labute approximate surface area is 119 Å². The number of nitrogens with one attached hydrogen (secondary N) is 1. The summed E-state index contributed by atoms with van der Waals surface area (Å²) in [5.74, 6) is -1.49. The molecule has 0 aromatic heterocycles. The van der Waals surface area contributed by atoms with Crippen LogP contribution in [-0.2, 0) is 16.0 Å². The SMILES string of the molecule is CC(C)[C@@H](NC(=O)C1CCCc2ccccc21)C(=O)O. The molecule has 1 aliphatic rings. The van der Waals surface area contributed by atoms with Gasteiger partial charge in [0.1, 0.15) is 6.04 Å². The van der Waals surface area contributed by atoms with Crippen LogP contribution in [0.5, 0.6) is 0 Å². The predicted octanol–water partition coefficient (Wildman–Crippen LogP) is 2.33. The van der Waals surface area contributed by atoms with Crippen LogP contribution in [0.2, 0.25) is 0 Å². The molecule has 1 aromatic carbocycles. The van der Waals surface area contributed by atoms with Crippen LogP contribution >= 0.6 is 0 Å². The maximum absolute atomic E-state index is 12.4. The van der Waals surface area contributed by atoms with Gasteiger partial charge in [-0.05, 0) is 36.3 Å². The fourth-order valence-corrected chi connectivity index (χ4v) is 2.79. The van der Waals surface area contributed by atoms with Crippen molar-refractivity contribution in [3.05, 3.63) is 35.4 Å². The standard InChI is InChI=1S/C16H21NO3/c1-10(2)14(16(19)20)17-15(18)13-9-5-7-11-6-3-4-8-12(11)13/h3-4,6,8,10,13-14H,5,7,9H2,1-2H3,(H,17,18)(H,19,20)/t13?,14-/m1/s1. The Kier molecular flexibility index (Phi) is 4.42. The van der Waals surface area contributed by atoms with E-state index in [1.165, 1.54) is 5.56 Å². The summed E-state index contributed by atoms with van der Waals surface area (Å²) in [6.45, 7) is 3.60. The van der Waals surface area contributed by atoms with Gasteiger partial charge < -0.3 is 10.4 Å². The zero-order valence-electron chi connectivity index (χ0n) is 11.9. The van der Waals surface area contributed by atoms with Crippen LogP contribution < -0.4 is 5.32 Å². The number of aliphatic carboxylic acids is 1. The van der Waals surface area contributed by atoms with Gasteiger partial charge in [0.05, 0.1) is 5.92 Å². The highest BCUT2D eigenvalue weighted by molar-refractivity contribution is 5.88. The minimum atomic E-state index is -0.975. The number of carbonyl (C=O) groups excluding carboxylic acids is 1. The molecule has 1 aromatic rings. The number of rotatable bonds is 4. The first kappa shape index (κ1) is 14.6. The molecule has 2 atom stereocenters. The van der Waals surface area contributed by atoms with Crippen molar-refractivity contribution < 1.29 is 14.7 Å². The second-order valence-electron chi connectivity index (χ2n) is 5.71. The van der Waals surface area contributed by atoms with Crippen molar-refractivity contribution in [2.45, 2.75) is 45.1 Å². The molecule has 1 amide bonds. The molecule has 108 valence electrons. The van der Waals surface area contributed by atoms with Crippen molar-refractivity contribution >= 4 is 11.9 Å². The molecule has 0 heterocycles. The lowest BCUT2D eigenvalue weighted by molar-refractivity contribution is -0.143. The highest BCUT2D eigenvalue weighted by Gasteiger charge is 2.30. The van der Waals surface area contributed by atoms with Crippen molar-refractivity contribution in [1.29, 1.82) is 0 Å². The van der Waals surface area contributed by atoms with Crippen molar-refractivity contribution in [1.82, 2.24) is 5.32 Å². The third-order valence-corrected chi connectivity index (χ3v) is 3.92. The number of hydrogen-bond donors (Lipinski definition) is 2. The lowest BCUT2D eigenvalue weighted by Crippen LogP contribution is -2.46. The number of benzene rings is 1. The van der Waals surface area contributed by atoms with Crippen LogP contribution in [0, 0.1) is 5.92 Å². The average molecular weight is 275 g/mol. The zero-order chi connectivity index (χ0) is 14.7. The van der Waals surface area contributed by atoms with Gasteiger partial charge in [-0.25, -0.2) is 4.79 Å². The Morgan fingerprint density at radius 2 is 2.00 bits per heavy atom. The molecule has 0 fully saturated rings. The number of carboxylic acids is 1. The van der Waals surface area contributed by atoms with Crippen LogP contribution in [0.3, 0.4) is 0 Å². The van der Waals surface area contributed by atoms with E-state index in [2.05, 4.69) is 5.32 Å². The van der Waals surface area contributed by atoms with Crippen LogP contribution in [0.4, 0.5) is 0 Å². The van der Waals surface area contributed by atoms with Gasteiger partial charge in [0.25, 0.3) is 0 Å². The van der Waals surface area contributed by atoms with Crippen LogP contribution in [-0.4, -0.2) is 23.0 Å². The van der Waals surface area contributed by atoms with E-state index < -0.39 is 12.0 Å². The number of aryl methyl sites for hydroxylation is 1. The summed E-state index contributed by atoms with van der Waals surface area (Å²) in [6.07, 6.45) is 2.74. The first-order chi connectivity index (χ1) is 9.50. The van der Waals surface area contributed by atoms with Crippen molar-refractivity contribution in [2.24, 2.45) is 5.92 Å². The van der Waals surface area contributed by atoms with E-state index >= 15 is 0 Å². The molecule has 0 bridgehead atoms. The minimum Gasteiger partial charge on any atom is -0.480 e. The molecule has 4 heteroatoms. The van der Waals surface area contributed by atoms with Gasteiger partial charge in [0.15, 0.2) is 0 Å². The van der Waals surface area contributed by atoms with Gasteiger partial charge in [0.2, 0.25) is 5.91 Å². The van der Waals surface area contributed by atoms with Crippen LogP contribution in [0.1, 0.15) is 43.7 Å². The highest BCUT2D eigenvalue weighted by atomic mass is 16.4. The Hall–Kier alpha value is -1.84. The summed E-state index contributed by atoms with van der Waals surface area (Å²) in [4.78, 5) is 23.6. The maximum Gasteiger partial charge on any atom is 0.326 e. The second-order valence-corrected chi connectivity index (χ2v) is 5.71. The fourth-order valence-electron chi connectivity index (χ4n) is 2.79. The van der Waals surface area contributed by atoms with Gasteiger partial charge >= 0.3 is 5.97 Å². The second kappa shape index (κ2) is 6.07. The van der Waals surface area contributed by atoms with Gasteiger partial charge in [0, 0.05) is 0 Å². The molecular weight excluding hydrogens is 254 g/mol. The van der Waals surface area contributed by atoms with Gasteiger partial charge in [-0.15, -0.1) is 0 Å². The van der Waals surface area contributed by atoms with E-state index in [1.54, 1.807) is 13.8 Å². The van der Waals surface area contributed by atoms with Crippen LogP contribution in [0.15, 0.2) is 24.3 Å². The molecule has 0 spiro atoms. The van der Waals surface area contributed by atoms with E-state index in [9.17, 15) is 14.7 Å². The maximum atomic E-state index is 12.4. The Morgan fingerprint density at radius 1 is 1.30 bits per heavy atom. The van der Waals surface area contributed by atoms with E-state index in [1.807, 2.05) is 24.3 Å². The largest absolute Gasteiger partial charge is 0.480 e. The minimum absolute atomic E-state index is 0.129. The molecule has 0 saturated heterocycles. The molecule has 1 aliphatic carbocycles. The first-order valence-corrected chi connectivity index (χ1v) is 7.11.